The number of halogens is 3. The number of hydrogen-bond donors (Lipinski definition) is 1. The molecule has 0 amide bonds. The molecule has 3 rings (SSSR count). The fourth-order valence-electron chi connectivity index (χ4n) is 2.66. The molecule has 30 heavy (non-hydrogen) atoms. The molecule has 0 spiro atoms. The van der Waals surface area contributed by atoms with Gasteiger partial charge in [0.2, 0.25) is 5.75 Å². The Balaban J connectivity index is 1.83. The number of esters is 1. The maximum Gasteiger partial charge on any atom is 0.573 e. The Morgan fingerprint density at radius 3 is 2.60 bits per heavy atom. The molecule has 2 aromatic carbocycles. The number of fused-ring (bicyclic) bond motifs is 1. The normalized spacial score (nSPS) is 11.7. The molecule has 0 saturated carbocycles. The number of aromatic hydroxyl groups is 1. The van der Waals surface area contributed by atoms with Crippen LogP contribution in [0.5, 0.6) is 17.2 Å². The zero-order valence-corrected chi connectivity index (χ0v) is 15.7. The molecule has 158 valence electrons. The standard InChI is InChI=1S/C21H17F3O6/c1-2-27-17(25)8-5-14-11-15-9-10-28-19(15)18(26)20(14)29-12-13-3-6-16(7-4-13)30-21(22,23)24/h3-11,26H,2,12H2,1H3/b8-5+. The van der Waals surface area contributed by atoms with E-state index in [4.69, 9.17) is 13.9 Å². The monoisotopic (exact) mass is 422 g/mol. The first kappa shape index (κ1) is 21.1. The van der Waals surface area contributed by atoms with Crippen molar-refractivity contribution in [1.29, 1.82) is 0 Å². The molecule has 0 unspecified atom stereocenters. The highest BCUT2D eigenvalue weighted by molar-refractivity contribution is 5.93. The molecule has 9 heteroatoms. The molecule has 0 radical (unpaired) electrons. The number of carbonyl (C=O) groups is 1. The molecule has 0 aliphatic heterocycles. The maximum atomic E-state index is 12.3. The molecule has 3 aromatic rings. The second-order valence-electron chi connectivity index (χ2n) is 6.05. The van der Waals surface area contributed by atoms with Crippen molar-refractivity contribution in [2.75, 3.05) is 6.61 Å². The maximum absolute atomic E-state index is 12.3. The summed E-state index contributed by atoms with van der Waals surface area (Å²) in [5.74, 6) is -1.13. The summed E-state index contributed by atoms with van der Waals surface area (Å²) in [5.41, 5.74) is 1.13. The van der Waals surface area contributed by atoms with Gasteiger partial charge in [-0.2, -0.15) is 0 Å². The molecule has 0 aliphatic carbocycles. The summed E-state index contributed by atoms with van der Waals surface area (Å²) >= 11 is 0. The number of phenolic OH excluding ortho intramolecular Hbond substituents is 1. The number of phenols is 1. The number of ether oxygens (including phenoxy) is 3. The largest absolute Gasteiger partial charge is 0.573 e. The predicted octanol–water partition coefficient (Wildman–Crippen LogP) is 5.19. The van der Waals surface area contributed by atoms with Gasteiger partial charge in [0.15, 0.2) is 11.3 Å². The second-order valence-corrected chi connectivity index (χ2v) is 6.05. The van der Waals surface area contributed by atoms with E-state index in [2.05, 4.69) is 4.74 Å². The van der Waals surface area contributed by atoms with Crippen molar-refractivity contribution in [2.45, 2.75) is 19.9 Å². The van der Waals surface area contributed by atoms with Crippen LogP contribution in [0.2, 0.25) is 0 Å². The predicted molar refractivity (Wildman–Crippen MR) is 101 cm³/mol. The molecule has 0 aliphatic rings. The highest BCUT2D eigenvalue weighted by Crippen LogP contribution is 2.40. The lowest BCUT2D eigenvalue weighted by Crippen LogP contribution is -2.17. The number of benzene rings is 2. The van der Waals surface area contributed by atoms with Crippen LogP contribution in [0.3, 0.4) is 0 Å². The van der Waals surface area contributed by atoms with E-state index < -0.39 is 12.3 Å². The Hall–Kier alpha value is -3.62. The van der Waals surface area contributed by atoms with Gasteiger partial charge in [0, 0.05) is 17.0 Å². The molecule has 0 saturated heterocycles. The third-order valence-corrected chi connectivity index (χ3v) is 3.92. The zero-order valence-electron chi connectivity index (χ0n) is 15.7. The molecular formula is C21H17F3O6. The zero-order chi connectivity index (χ0) is 21.7. The minimum absolute atomic E-state index is 0.0496. The quantitative estimate of drug-likeness (QED) is 0.417. The van der Waals surface area contributed by atoms with Crippen molar-refractivity contribution >= 4 is 23.0 Å². The minimum Gasteiger partial charge on any atom is -0.502 e. The van der Waals surface area contributed by atoms with Gasteiger partial charge in [-0.3, -0.25) is 0 Å². The number of alkyl halides is 3. The van der Waals surface area contributed by atoms with Crippen molar-refractivity contribution in [2.24, 2.45) is 0 Å². The Labute approximate surface area is 169 Å². The number of carbonyl (C=O) groups excluding carboxylic acids is 1. The highest BCUT2D eigenvalue weighted by Gasteiger charge is 2.31. The van der Waals surface area contributed by atoms with E-state index in [1.165, 1.54) is 30.5 Å². The van der Waals surface area contributed by atoms with Crippen LogP contribution in [0.15, 0.2) is 53.2 Å². The van der Waals surface area contributed by atoms with Crippen molar-refractivity contribution < 1.29 is 41.7 Å². The van der Waals surface area contributed by atoms with Crippen LogP contribution in [0, 0.1) is 0 Å². The minimum atomic E-state index is -4.78. The number of furan rings is 1. The van der Waals surface area contributed by atoms with Gasteiger partial charge in [-0.25, -0.2) is 4.79 Å². The molecule has 0 atom stereocenters. The lowest BCUT2D eigenvalue weighted by atomic mass is 10.1. The third-order valence-electron chi connectivity index (χ3n) is 3.92. The van der Waals surface area contributed by atoms with E-state index >= 15 is 0 Å². The van der Waals surface area contributed by atoms with Crippen molar-refractivity contribution in [3.8, 4) is 17.2 Å². The first-order chi connectivity index (χ1) is 14.3. The molecule has 6 nitrogen and oxygen atoms in total. The van der Waals surface area contributed by atoms with Gasteiger partial charge in [0.05, 0.1) is 12.9 Å². The van der Waals surface area contributed by atoms with Gasteiger partial charge < -0.3 is 23.7 Å². The van der Waals surface area contributed by atoms with Crippen LogP contribution < -0.4 is 9.47 Å². The van der Waals surface area contributed by atoms with Crippen LogP contribution in [-0.4, -0.2) is 24.0 Å². The summed E-state index contributed by atoms with van der Waals surface area (Å²) in [4.78, 5) is 11.6. The van der Waals surface area contributed by atoms with Gasteiger partial charge >= 0.3 is 12.3 Å². The van der Waals surface area contributed by atoms with Crippen LogP contribution in [-0.2, 0) is 16.1 Å². The van der Waals surface area contributed by atoms with Gasteiger partial charge in [-0.15, -0.1) is 13.2 Å². The summed E-state index contributed by atoms with van der Waals surface area (Å²) < 4.78 is 56.4. The van der Waals surface area contributed by atoms with Crippen molar-refractivity contribution in [1.82, 2.24) is 0 Å². The van der Waals surface area contributed by atoms with Crippen LogP contribution in [0.1, 0.15) is 18.1 Å². The molecule has 1 heterocycles. The Kier molecular flexibility index (Phi) is 6.20. The molecule has 1 aromatic heterocycles. The van der Waals surface area contributed by atoms with E-state index in [-0.39, 0.29) is 36.0 Å². The van der Waals surface area contributed by atoms with E-state index in [0.717, 1.165) is 12.1 Å². The summed E-state index contributed by atoms with van der Waals surface area (Å²) in [5, 5.41) is 11.1. The molecular weight excluding hydrogens is 405 g/mol. The fourth-order valence-corrected chi connectivity index (χ4v) is 2.66. The first-order valence-electron chi connectivity index (χ1n) is 8.82. The van der Waals surface area contributed by atoms with E-state index in [1.54, 1.807) is 19.1 Å². The summed E-state index contributed by atoms with van der Waals surface area (Å²) in [6.07, 6.45) is -0.755. The molecule has 0 bridgehead atoms. The summed E-state index contributed by atoms with van der Waals surface area (Å²) in [6, 6.07) is 8.41. The van der Waals surface area contributed by atoms with Gasteiger partial charge in [0.1, 0.15) is 12.4 Å². The Morgan fingerprint density at radius 1 is 1.20 bits per heavy atom. The van der Waals surface area contributed by atoms with E-state index in [1.807, 2.05) is 0 Å². The third kappa shape index (κ3) is 5.25. The van der Waals surface area contributed by atoms with Crippen LogP contribution >= 0.6 is 0 Å². The number of hydrogen-bond acceptors (Lipinski definition) is 6. The van der Waals surface area contributed by atoms with Gasteiger partial charge in [-0.05, 0) is 42.8 Å². The summed E-state index contributed by atoms with van der Waals surface area (Å²) in [7, 11) is 0. The van der Waals surface area contributed by atoms with Crippen molar-refractivity contribution in [3.05, 3.63) is 59.9 Å². The topological polar surface area (TPSA) is 78.1 Å². The van der Waals surface area contributed by atoms with Crippen LogP contribution in [0.25, 0.3) is 17.0 Å². The van der Waals surface area contributed by atoms with Gasteiger partial charge in [0.25, 0.3) is 0 Å². The van der Waals surface area contributed by atoms with E-state index in [9.17, 15) is 23.1 Å². The number of rotatable bonds is 7. The molecule has 1 N–H and O–H groups in total. The lowest BCUT2D eigenvalue weighted by molar-refractivity contribution is -0.274. The smallest absolute Gasteiger partial charge is 0.502 e. The SMILES string of the molecule is CCOC(=O)/C=C/c1cc2ccoc2c(O)c1OCc1ccc(OC(F)(F)F)cc1. The fraction of sp³-hybridized carbons (Fsp3) is 0.190. The average Bonchev–Trinajstić information content (AvgIpc) is 3.15. The van der Waals surface area contributed by atoms with Crippen LogP contribution in [0.4, 0.5) is 13.2 Å². The first-order valence-corrected chi connectivity index (χ1v) is 8.82. The average molecular weight is 422 g/mol. The Morgan fingerprint density at radius 2 is 1.93 bits per heavy atom. The van der Waals surface area contributed by atoms with E-state index in [0.29, 0.717) is 16.5 Å². The lowest BCUT2D eigenvalue weighted by Gasteiger charge is -2.13. The molecule has 0 fully saturated rings. The van der Waals surface area contributed by atoms with Gasteiger partial charge in [-0.1, -0.05) is 12.1 Å². The second kappa shape index (κ2) is 8.81. The highest BCUT2D eigenvalue weighted by atomic mass is 19.4. The Bertz CT molecular complexity index is 1050. The van der Waals surface area contributed by atoms with Crippen molar-refractivity contribution in [3.63, 3.8) is 0 Å². The summed E-state index contributed by atoms with van der Waals surface area (Å²) in [6.45, 7) is 1.83.